The fraction of sp³-hybridized carbons (Fsp3) is 0.438. The van der Waals surface area contributed by atoms with Crippen LogP contribution in [0.25, 0.3) is 5.69 Å². The second-order valence-electron chi connectivity index (χ2n) is 6.16. The van der Waals surface area contributed by atoms with Crippen LogP contribution in [0.4, 0.5) is 4.39 Å². The predicted molar refractivity (Wildman–Crippen MR) is 88.8 cm³/mol. The molecular formula is C16H21FN4O2S. The van der Waals surface area contributed by atoms with Gasteiger partial charge >= 0.3 is 0 Å². The largest absolute Gasteiger partial charge is 0.330 e. The van der Waals surface area contributed by atoms with Gasteiger partial charge in [-0.1, -0.05) is 0 Å². The third-order valence-electron chi connectivity index (χ3n) is 4.42. The van der Waals surface area contributed by atoms with Gasteiger partial charge < -0.3 is 5.73 Å². The minimum Gasteiger partial charge on any atom is -0.330 e. The molecule has 0 unspecified atom stereocenters. The lowest BCUT2D eigenvalue weighted by molar-refractivity contribution is 0.278. The van der Waals surface area contributed by atoms with Gasteiger partial charge in [-0.2, -0.15) is 9.40 Å². The van der Waals surface area contributed by atoms with E-state index in [1.807, 2.05) is 6.92 Å². The average Bonchev–Trinajstić information content (AvgIpc) is 3.01. The van der Waals surface area contributed by atoms with E-state index in [0.717, 1.165) is 24.5 Å². The molecule has 1 fully saturated rings. The maximum Gasteiger partial charge on any atom is 0.243 e. The highest BCUT2D eigenvalue weighted by molar-refractivity contribution is 7.89. The van der Waals surface area contributed by atoms with Gasteiger partial charge in [-0.25, -0.2) is 17.5 Å². The predicted octanol–water partition coefficient (Wildman–Crippen LogP) is 1.68. The third kappa shape index (κ3) is 3.22. The van der Waals surface area contributed by atoms with Gasteiger partial charge in [0.25, 0.3) is 0 Å². The van der Waals surface area contributed by atoms with Crippen molar-refractivity contribution in [3.63, 3.8) is 0 Å². The molecule has 8 heteroatoms. The van der Waals surface area contributed by atoms with Gasteiger partial charge in [0, 0.05) is 19.3 Å². The van der Waals surface area contributed by atoms with Crippen molar-refractivity contribution in [2.45, 2.75) is 24.7 Å². The van der Waals surface area contributed by atoms with Crippen LogP contribution in [-0.2, 0) is 10.0 Å². The summed E-state index contributed by atoms with van der Waals surface area (Å²) < 4.78 is 42.6. The molecule has 3 rings (SSSR count). The second kappa shape index (κ2) is 6.62. The summed E-state index contributed by atoms with van der Waals surface area (Å²) in [6, 6.07) is 3.94. The highest BCUT2D eigenvalue weighted by Crippen LogP contribution is 2.25. The number of hydrogen-bond acceptors (Lipinski definition) is 4. The van der Waals surface area contributed by atoms with Crippen molar-refractivity contribution >= 4 is 10.0 Å². The fourth-order valence-corrected chi connectivity index (χ4v) is 4.39. The van der Waals surface area contributed by atoms with E-state index in [2.05, 4.69) is 5.10 Å². The van der Waals surface area contributed by atoms with Gasteiger partial charge in [-0.15, -0.1) is 0 Å². The standard InChI is InChI=1S/C16H21FN4O2S/c1-12-10-19-21(11-12)16-3-2-14(8-15(16)17)24(22,23)20-6-4-13(9-18)5-7-20/h2-3,8,10-11,13H,4-7,9,18H2,1H3. The van der Waals surface area contributed by atoms with E-state index in [1.54, 1.807) is 12.4 Å². The van der Waals surface area contributed by atoms with E-state index in [1.165, 1.54) is 21.1 Å². The Hall–Kier alpha value is -1.77. The van der Waals surface area contributed by atoms with Crippen molar-refractivity contribution in [1.29, 1.82) is 0 Å². The highest BCUT2D eigenvalue weighted by atomic mass is 32.2. The molecule has 2 heterocycles. The van der Waals surface area contributed by atoms with E-state index in [0.29, 0.717) is 25.6 Å². The molecule has 0 radical (unpaired) electrons. The monoisotopic (exact) mass is 352 g/mol. The van der Waals surface area contributed by atoms with Crippen LogP contribution in [0.15, 0.2) is 35.5 Å². The van der Waals surface area contributed by atoms with E-state index in [-0.39, 0.29) is 10.6 Å². The number of aryl methyl sites for hydroxylation is 1. The summed E-state index contributed by atoms with van der Waals surface area (Å²) in [5.74, 6) is -0.255. The molecule has 130 valence electrons. The molecule has 0 bridgehead atoms. The first-order chi connectivity index (χ1) is 11.4. The van der Waals surface area contributed by atoms with Crippen LogP contribution in [0.2, 0.25) is 0 Å². The number of halogens is 1. The Morgan fingerprint density at radius 1 is 1.33 bits per heavy atom. The molecule has 1 saturated heterocycles. The molecule has 0 amide bonds. The Morgan fingerprint density at radius 3 is 2.58 bits per heavy atom. The molecule has 6 nitrogen and oxygen atoms in total. The molecule has 2 N–H and O–H groups in total. The molecule has 1 aliphatic rings. The van der Waals surface area contributed by atoms with Gasteiger partial charge in [0.2, 0.25) is 10.0 Å². The molecule has 2 aromatic rings. The molecule has 1 aromatic carbocycles. The highest BCUT2D eigenvalue weighted by Gasteiger charge is 2.29. The van der Waals surface area contributed by atoms with Crippen LogP contribution in [-0.4, -0.2) is 42.1 Å². The Morgan fingerprint density at radius 2 is 2.04 bits per heavy atom. The maximum atomic E-state index is 14.4. The quantitative estimate of drug-likeness (QED) is 0.908. The van der Waals surface area contributed by atoms with Crippen molar-refractivity contribution in [2.75, 3.05) is 19.6 Å². The van der Waals surface area contributed by atoms with E-state index in [9.17, 15) is 12.8 Å². The molecule has 24 heavy (non-hydrogen) atoms. The summed E-state index contributed by atoms with van der Waals surface area (Å²) in [6.45, 7) is 3.27. The van der Waals surface area contributed by atoms with Crippen LogP contribution >= 0.6 is 0 Å². The van der Waals surface area contributed by atoms with E-state index < -0.39 is 15.8 Å². The first kappa shape index (κ1) is 17.1. The lowest BCUT2D eigenvalue weighted by atomic mass is 9.99. The lowest BCUT2D eigenvalue weighted by Gasteiger charge is -2.30. The number of piperidine rings is 1. The van der Waals surface area contributed by atoms with Crippen molar-refractivity contribution in [3.8, 4) is 5.69 Å². The Labute approximate surface area is 141 Å². The van der Waals surface area contributed by atoms with Crippen molar-refractivity contribution < 1.29 is 12.8 Å². The Kier molecular flexibility index (Phi) is 4.71. The summed E-state index contributed by atoms with van der Waals surface area (Å²) in [5.41, 5.74) is 6.76. The number of sulfonamides is 1. The smallest absolute Gasteiger partial charge is 0.243 e. The summed E-state index contributed by atoms with van der Waals surface area (Å²) in [6.07, 6.45) is 4.78. The van der Waals surface area contributed by atoms with Crippen LogP contribution < -0.4 is 5.73 Å². The number of aromatic nitrogens is 2. The van der Waals surface area contributed by atoms with Crippen molar-refractivity contribution in [1.82, 2.24) is 14.1 Å². The van der Waals surface area contributed by atoms with Gasteiger partial charge in [0.05, 0.1) is 11.1 Å². The first-order valence-corrected chi connectivity index (χ1v) is 9.37. The first-order valence-electron chi connectivity index (χ1n) is 7.93. The van der Waals surface area contributed by atoms with Crippen LogP contribution in [0, 0.1) is 18.7 Å². The van der Waals surface area contributed by atoms with E-state index in [4.69, 9.17) is 5.73 Å². The molecule has 1 aliphatic heterocycles. The molecule has 0 atom stereocenters. The minimum atomic E-state index is -3.69. The lowest BCUT2D eigenvalue weighted by Crippen LogP contribution is -2.40. The SMILES string of the molecule is Cc1cnn(-c2ccc(S(=O)(=O)N3CCC(CN)CC3)cc2F)c1. The summed E-state index contributed by atoms with van der Waals surface area (Å²) in [4.78, 5) is -0.0289. The van der Waals surface area contributed by atoms with Gasteiger partial charge in [0.15, 0.2) is 0 Å². The molecular weight excluding hydrogens is 331 g/mol. The number of rotatable bonds is 4. The van der Waals surface area contributed by atoms with Crippen LogP contribution in [0.3, 0.4) is 0 Å². The summed E-state index contributed by atoms with van der Waals surface area (Å²) in [5, 5.41) is 4.05. The molecule has 0 spiro atoms. The number of hydrogen-bond donors (Lipinski definition) is 1. The molecule has 0 saturated carbocycles. The van der Waals surface area contributed by atoms with Crippen molar-refractivity contribution in [2.24, 2.45) is 11.7 Å². The number of benzene rings is 1. The van der Waals surface area contributed by atoms with Crippen LogP contribution in [0.5, 0.6) is 0 Å². The van der Waals surface area contributed by atoms with E-state index >= 15 is 0 Å². The fourth-order valence-electron chi connectivity index (χ4n) is 2.91. The normalized spacial score (nSPS) is 17.3. The van der Waals surface area contributed by atoms with Gasteiger partial charge in [0.1, 0.15) is 11.5 Å². The number of nitrogens with two attached hydrogens (primary N) is 1. The van der Waals surface area contributed by atoms with Crippen molar-refractivity contribution in [3.05, 3.63) is 42.0 Å². The summed E-state index contributed by atoms with van der Waals surface area (Å²) >= 11 is 0. The molecule has 0 aliphatic carbocycles. The van der Waals surface area contributed by atoms with Gasteiger partial charge in [-0.05, 0) is 56.0 Å². The Bertz CT molecular complexity index is 826. The number of nitrogens with zero attached hydrogens (tertiary/aromatic N) is 3. The minimum absolute atomic E-state index is 0.0289. The summed E-state index contributed by atoms with van der Waals surface area (Å²) in [7, 11) is -3.69. The Balaban J connectivity index is 1.85. The topological polar surface area (TPSA) is 81.2 Å². The zero-order chi connectivity index (χ0) is 17.3. The zero-order valence-corrected chi connectivity index (χ0v) is 14.3. The zero-order valence-electron chi connectivity index (χ0n) is 13.5. The average molecular weight is 352 g/mol. The second-order valence-corrected chi connectivity index (χ2v) is 8.10. The van der Waals surface area contributed by atoms with Gasteiger partial charge in [-0.3, -0.25) is 0 Å². The molecule has 1 aromatic heterocycles. The van der Waals surface area contributed by atoms with Crippen LogP contribution in [0.1, 0.15) is 18.4 Å². The maximum absolute atomic E-state index is 14.4. The third-order valence-corrected chi connectivity index (χ3v) is 6.32.